The van der Waals surface area contributed by atoms with Gasteiger partial charge >= 0.3 is 6.03 Å². The van der Waals surface area contributed by atoms with Crippen LogP contribution in [-0.2, 0) is 4.74 Å². The van der Waals surface area contributed by atoms with Crippen LogP contribution in [0, 0.1) is 5.92 Å². The fraction of sp³-hybridized carbons (Fsp3) is 0.933. The number of piperidine rings is 1. The average Bonchev–Trinajstić information content (AvgIpc) is 2.97. The number of amides is 2. The Morgan fingerprint density at radius 1 is 1.30 bits per heavy atom. The van der Waals surface area contributed by atoms with Crippen molar-refractivity contribution in [3.63, 3.8) is 0 Å². The van der Waals surface area contributed by atoms with E-state index in [-0.39, 0.29) is 18.1 Å². The van der Waals surface area contributed by atoms with Crippen molar-refractivity contribution < 1.29 is 14.6 Å². The van der Waals surface area contributed by atoms with E-state index in [2.05, 4.69) is 5.32 Å². The predicted octanol–water partition coefficient (Wildman–Crippen LogP) is 1.50. The molecule has 114 valence electrons. The quantitative estimate of drug-likeness (QED) is 0.807. The first kappa shape index (κ1) is 14.1. The highest BCUT2D eigenvalue weighted by Crippen LogP contribution is 2.39. The molecule has 0 bridgehead atoms. The van der Waals surface area contributed by atoms with E-state index in [1.54, 1.807) is 0 Å². The summed E-state index contributed by atoms with van der Waals surface area (Å²) in [4.78, 5) is 14.1. The number of carbonyl (C=O) groups excluding carboxylic acids is 1. The Labute approximate surface area is 120 Å². The van der Waals surface area contributed by atoms with Crippen molar-refractivity contribution in [2.75, 3.05) is 26.2 Å². The highest BCUT2D eigenvalue weighted by molar-refractivity contribution is 5.74. The van der Waals surface area contributed by atoms with E-state index in [9.17, 15) is 9.90 Å². The lowest BCUT2D eigenvalue weighted by Gasteiger charge is -2.47. The van der Waals surface area contributed by atoms with Crippen LogP contribution in [0.1, 0.15) is 44.9 Å². The first-order valence-corrected chi connectivity index (χ1v) is 8.04. The van der Waals surface area contributed by atoms with Gasteiger partial charge in [0.1, 0.15) is 0 Å². The van der Waals surface area contributed by atoms with Crippen molar-refractivity contribution >= 4 is 6.03 Å². The minimum absolute atomic E-state index is 0.00752. The summed E-state index contributed by atoms with van der Waals surface area (Å²) in [5, 5.41) is 13.6. The van der Waals surface area contributed by atoms with Crippen molar-refractivity contribution in [3.05, 3.63) is 0 Å². The number of ether oxygens (including phenoxy) is 1. The van der Waals surface area contributed by atoms with Crippen molar-refractivity contribution in [1.29, 1.82) is 0 Å². The number of nitrogens with zero attached hydrogens (tertiary/aromatic N) is 1. The number of fused-ring (bicyclic) bond motifs is 1. The number of rotatable bonds is 2. The number of hydrogen-bond acceptors (Lipinski definition) is 3. The second-order valence-corrected chi connectivity index (χ2v) is 6.56. The van der Waals surface area contributed by atoms with Crippen LogP contribution in [0.2, 0.25) is 0 Å². The van der Waals surface area contributed by atoms with Crippen molar-refractivity contribution in [1.82, 2.24) is 10.2 Å². The molecule has 1 aliphatic carbocycles. The van der Waals surface area contributed by atoms with E-state index < -0.39 is 5.60 Å². The Morgan fingerprint density at radius 3 is 3.00 bits per heavy atom. The molecule has 2 saturated heterocycles. The molecule has 2 heterocycles. The third kappa shape index (κ3) is 2.93. The molecule has 0 aromatic rings. The summed E-state index contributed by atoms with van der Waals surface area (Å²) in [7, 11) is 0. The van der Waals surface area contributed by atoms with Crippen LogP contribution in [-0.4, -0.2) is 54.0 Å². The van der Waals surface area contributed by atoms with Gasteiger partial charge in [-0.15, -0.1) is 0 Å². The number of urea groups is 1. The predicted molar refractivity (Wildman–Crippen MR) is 75.5 cm³/mol. The van der Waals surface area contributed by atoms with Gasteiger partial charge in [0.25, 0.3) is 0 Å². The lowest BCUT2D eigenvalue weighted by Crippen LogP contribution is -2.56. The molecular weight excluding hydrogens is 256 g/mol. The Hall–Kier alpha value is -0.810. The summed E-state index contributed by atoms with van der Waals surface area (Å²) in [5.74, 6) is 0.262. The summed E-state index contributed by atoms with van der Waals surface area (Å²) in [6.07, 6.45) is 7.31. The molecule has 0 aromatic heterocycles. The van der Waals surface area contributed by atoms with Crippen LogP contribution in [0.4, 0.5) is 4.79 Å². The lowest BCUT2D eigenvalue weighted by molar-refractivity contribution is -0.0871. The van der Waals surface area contributed by atoms with E-state index in [4.69, 9.17) is 4.74 Å². The largest absolute Gasteiger partial charge is 0.389 e. The fourth-order valence-corrected chi connectivity index (χ4v) is 3.87. The molecule has 3 atom stereocenters. The van der Waals surface area contributed by atoms with Gasteiger partial charge in [0.15, 0.2) is 0 Å². The van der Waals surface area contributed by atoms with Gasteiger partial charge < -0.3 is 20.1 Å². The second-order valence-electron chi connectivity index (χ2n) is 6.56. The summed E-state index contributed by atoms with van der Waals surface area (Å²) in [6.45, 7) is 2.81. The SMILES string of the molecule is O=C(NC[C@@H]1CCCO1)N1CC[C@]2(O)CCCC[C@@H]2C1. The molecule has 3 fully saturated rings. The Morgan fingerprint density at radius 2 is 2.20 bits per heavy atom. The third-order valence-corrected chi connectivity index (χ3v) is 5.22. The molecule has 1 saturated carbocycles. The minimum atomic E-state index is -0.510. The van der Waals surface area contributed by atoms with Crippen LogP contribution in [0.3, 0.4) is 0 Å². The Kier molecular flexibility index (Phi) is 4.17. The molecule has 2 aliphatic heterocycles. The maximum Gasteiger partial charge on any atom is 0.317 e. The zero-order valence-electron chi connectivity index (χ0n) is 12.1. The highest BCUT2D eigenvalue weighted by atomic mass is 16.5. The number of nitrogens with one attached hydrogen (secondary N) is 1. The molecule has 0 unspecified atom stereocenters. The molecule has 5 heteroatoms. The van der Waals surface area contributed by atoms with E-state index in [1.807, 2.05) is 4.90 Å². The number of aliphatic hydroxyl groups is 1. The molecule has 5 nitrogen and oxygen atoms in total. The third-order valence-electron chi connectivity index (χ3n) is 5.22. The van der Waals surface area contributed by atoms with Crippen LogP contribution in [0.25, 0.3) is 0 Å². The summed E-state index contributed by atoms with van der Waals surface area (Å²) in [6, 6.07) is 0.00752. The van der Waals surface area contributed by atoms with E-state index in [0.29, 0.717) is 19.6 Å². The van der Waals surface area contributed by atoms with Gasteiger partial charge in [-0.2, -0.15) is 0 Å². The molecular formula is C15H26N2O3. The Bertz CT molecular complexity index is 357. The molecule has 20 heavy (non-hydrogen) atoms. The molecule has 3 aliphatic rings. The zero-order chi connectivity index (χ0) is 14.0. The Balaban J connectivity index is 1.49. The molecule has 2 amide bonds. The van der Waals surface area contributed by atoms with E-state index in [1.165, 1.54) is 6.42 Å². The second kappa shape index (κ2) is 5.90. The van der Waals surface area contributed by atoms with Gasteiger partial charge in [-0.1, -0.05) is 12.8 Å². The van der Waals surface area contributed by atoms with Gasteiger partial charge in [-0.3, -0.25) is 0 Å². The zero-order valence-corrected chi connectivity index (χ0v) is 12.1. The maximum absolute atomic E-state index is 12.2. The maximum atomic E-state index is 12.2. The van der Waals surface area contributed by atoms with Crippen molar-refractivity contribution in [2.45, 2.75) is 56.7 Å². The number of hydrogen-bond donors (Lipinski definition) is 2. The monoisotopic (exact) mass is 282 g/mol. The molecule has 3 rings (SSSR count). The average molecular weight is 282 g/mol. The standard InChI is InChI=1S/C15H26N2O3/c18-14(16-10-13-5-3-9-20-13)17-8-7-15(19)6-2-1-4-12(15)11-17/h12-13,19H,1-11H2,(H,16,18)/t12-,13+,15-/m1/s1. The van der Waals surface area contributed by atoms with E-state index >= 15 is 0 Å². The molecule has 2 N–H and O–H groups in total. The van der Waals surface area contributed by atoms with Crippen LogP contribution >= 0.6 is 0 Å². The first-order valence-electron chi connectivity index (χ1n) is 8.04. The van der Waals surface area contributed by atoms with Crippen LogP contribution in [0.15, 0.2) is 0 Å². The molecule has 0 aromatic carbocycles. The highest BCUT2D eigenvalue weighted by Gasteiger charge is 2.43. The van der Waals surface area contributed by atoms with E-state index in [0.717, 1.165) is 45.1 Å². The van der Waals surface area contributed by atoms with Crippen LogP contribution < -0.4 is 5.32 Å². The topological polar surface area (TPSA) is 61.8 Å². The minimum Gasteiger partial charge on any atom is -0.389 e. The molecule has 0 spiro atoms. The van der Waals surface area contributed by atoms with Crippen LogP contribution in [0.5, 0.6) is 0 Å². The smallest absolute Gasteiger partial charge is 0.317 e. The van der Waals surface area contributed by atoms with Gasteiger partial charge in [0, 0.05) is 32.2 Å². The van der Waals surface area contributed by atoms with Crippen molar-refractivity contribution in [2.24, 2.45) is 5.92 Å². The number of likely N-dealkylation sites (tertiary alicyclic amines) is 1. The van der Waals surface area contributed by atoms with Gasteiger partial charge in [-0.05, 0) is 32.1 Å². The summed E-state index contributed by atoms with van der Waals surface area (Å²) < 4.78 is 5.52. The first-order chi connectivity index (χ1) is 9.67. The van der Waals surface area contributed by atoms with Gasteiger partial charge in [0.05, 0.1) is 11.7 Å². The summed E-state index contributed by atoms with van der Waals surface area (Å²) >= 11 is 0. The number of carbonyl (C=O) groups is 1. The molecule has 0 radical (unpaired) electrons. The van der Waals surface area contributed by atoms with Crippen molar-refractivity contribution in [3.8, 4) is 0 Å². The fourth-order valence-electron chi connectivity index (χ4n) is 3.87. The normalized spacial score (nSPS) is 37.5. The summed E-state index contributed by atoms with van der Waals surface area (Å²) in [5.41, 5.74) is -0.510. The lowest BCUT2D eigenvalue weighted by atomic mass is 9.71. The van der Waals surface area contributed by atoms with Gasteiger partial charge in [0.2, 0.25) is 0 Å². The van der Waals surface area contributed by atoms with Gasteiger partial charge in [-0.25, -0.2) is 4.79 Å².